The van der Waals surface area contributed by atoms with E-state index in [4.69, 9.17) is 0 Å². The maximum atomic E-state index is 11.7. The smallest absolute Gasteiger partial charge is 0.362 e. The summed E-state index contributed by atoms with van der Waals surface area (Å²) < 4.78 is 39.4. The Bertz CT molecular complexity index is 290. The summed E-state index contributed by atoms with van der Waals surface area (Å²) in [6.07, 6.45) is -1.60. The van der Waals surface area contributed by atoms with Gasteiger partial charge in [0.15, 0.2) is 0 Å². The Morgan fingerprint density at radius 1 is 1.53 bits per heavy atom. The third-order valence-electron chi connectivity index (χ3n) is 2.17. The molecular weight excluding hydrogens is 237 g/mol. The van der Waals surface area contributed by atoms with Crippen LogP contribution < -0.4 is 10.6 Å². The van der Waals surface area contributed by atoms with Crippen LogP contribution >= 0.6 is 0 Å². The summed E-state index contributed by atoms with van der Waals surface area (Å²) in [7, 11) is 0. The largest absolute Gasteiger partial charge is 0.411 e. The van der Waals surface area contributed by atoms with Crippen LogP contribution in [0.25, 0.3) is 0 Å². The van der Waals surface area contributed by atoms with Gasteiger partial charge in [0.2, 0.25) is 5.91 Å². The van der Waals surface area contributed by atoms with E-state index in [0.717, 1.165) is 25.1 Å². The monoisotopic (exact) mass is 252 g/mol. The van der Waals surface area contributed by atoms with Crippen LogP contribution in [-0.2, 0) is 9.53 Å². The predicted octanol–water partition coefficient (Wildman–Crippen LogP) is 0.601. The van der Waals surface area contributed by atoms with E-state index in [-0.39, 0.29) is 0 Å². The van der Waals surface area contributed by atoms with Crippen LogP contribution in [0.1, 0.15) is 6.42 Å². The summed E-state index contributed by atoms with van der Waals surface area (Å²) in [5.41, 5.74) is 1.08. The van der Waals surface area contributed by atoms with Gasteiger partial charge in [0.1, 0.15) is 13.2 Å². The number of alkyl halides is 3. The fourth-order valence-corrected chi connectivity index (χ4v) is 1.35. The van der Waals surface area contributed by atoms with Crippen molar-refractivity contribution in [3.05, 3.63) is 11.6 Å². The van der Waals surface area contributed by atoms with E-state index in [0.29, 0.717) is 6.54 Å². The number of carbonyl (C=O) groups excluding carboxylic acids is 1. The Balaban J connectivity index is 2.11. The highest BCUT2D eigenvalue weighted by Gasteiger charge is 2.27. The van der Waals surface area contributed by atoms with Crippen molar-refractivity contribution in [2.24, 2.45) is 0 Å². The molecule has 0 aromatic heterocycles. The Morgan fingerprint density at radius 2 is 2.29 bits per heavy atom. The van der Waals surface area contributed by atoms with Gasteiger partial charge < -0.3 is 15.4 Å². The average Bonchev–Trinajstić information content (AvgIpc) is 2.26. The summed E-state index contributed by atoms with van der Waals surface area (Å²) in [4.78, 5) is 11.1. The molecule has 0 atom stereocenters. The van der Waals surface area contributed by atoms with Crippen molar-refractivity contribution in [2.45, 2.75) is 12.6 Å². The first kappa shape index (κ1) is 14.0. The lowest BCUT2D eigenvalue weighted by atomic mass is 10.1. The van der Waals surface area contributed by atoms with Gasteiger partial charge in [-0.1, -0.05) is 11.6 Å². The fourth-order valence-electron chi connectivity index (χ4n) is 1.35. The molecule has 0 aliphatic carbocycles. The average molecular weight is 252 g/mol. The van der Waals surface area contributed by atoms with E-state index in [1.54, 1.807) is 0 Å². The number of rotatable bonds is 5. The molecule has 0 aromatic rings. The minimum atomic E-state index is -4.39. The van der Waals surface area contributed by atoms with Crippen LogP contribution in [0.15, 0.2) is 11.6 Å². The van der Waals surface area contributed by atoms with E-state index >= 15 is 0 Å². The van der Waals surface area contributed by atoms with Crippen molar-refractivity contribution in [2.75, 3.05) is 32.8 Å². The maximum Gasteiger partial charge on any atom is 0.411 e. The van der Waals surface area contributed by atoms with E-state index in [1.807, 2.05) is 6.08 Å². The third-order valence-corrected chi connectivity index (χ3v) is 2.17. The topological polar surface area (TPSA) is 50.4 Å². The van der Waals surface area contributed by atoms with Crippen LogP contribution in [0, 0.1) is 0 Å². The van der Waals surface area contributed by atoms with Crippen LogP contribution in [0.2, 0.25) is 0 Å². The predicted molar refractivity (Wildman–Crippen MR) is 55.5 cm³/mol. The molecule has 1 aliphatic rings. The summed E-state index contributed by atoms with van der Waals surface area (Å²) in [5.74, 6) is -0.534. The number of ether oxygens (including phenoxy) is 1. The Kier molecular flexibility index (Phi) is 5.43. The highest BCUT2D eigenvalue weighted by atomic mass is 19.4. The molecule has 0 aromatic carbocycles. The summed E-state index contributed by atoms with van der Waals surface area (Å²) in [6.45, 7) is 0.0238. The van der Waals surface area contributed by atoms with Crippen molar-refractivity contribution in [1.29, 1.82) is 0 Å². The molecule has 7 heteroatoms. The van der Waals surface area contributed by atoms with Crippen molar-refractivity contribution < 1.29 is 22.7 Å². The Morgan fingerprint density at radius 3 is 2.88 bits per heavy atom. The standard InChI is InChI=1S/C10H15F3N2O2/c11-10(12,13)7-17-6-9(16)15-5-8-1-3-14-4-2-8/h1,14H,2-7H2,(H,15,16). The highest BCUT2D eigenvalue weighted by Crippen LogP contribution is 2.14. The maximum absolute atomic E-state index is 11.7. The van der Waals surface area contributed by atoms with E-state index in [9.17, 15) is 18.0 Å². The lowest BCUT2D eigenvalue weighted by Gasteiger charge is -2.14. The molecule has 17 heavy (non-hydrogen) atoms. The first-order valence-corrected chi connectivity index (χ1v) is 5.27. The van der Waals surface area contributed by atoms with E-state index < -0.39 is 25.3 Å². The van der Waals surface area contributed by atoms with Gasteiger partial charge in [0.25, 0.3) is 0 Å². The number of nitrogens with one attached hydrogen (secondary N) is 2. The number of amides is 1. The lowest BCUT2D eigenvalue weighted by molar-refractivity contribution is -0.175. The van der Waals surface area contributed by atoms with Gasteiger partial charge in [-0.05, 0) is 13.0 Å². The van der Waals surface area contributed by atoms with Crippen molar-refractivity contribution in [3.63, 3.8) is 0 Å². The van der Waals surface area contributed by atoms with Crippen LogP contribution in [0.3, 0.4) is 0 Å². The van der Waals surface area contributed by atoms with Gasteiger partial charge in [-0.2, -0.15) is 13.2 Å². The number of hydrogen-bond acceptors (Lipinski definition) is 3. The SMILES string of the molecule is O=C(COCC(F)(F)F)NCC1=CCNCC1. The van der Waals surface area contributed by atoms with E-state index in [2.05, 4.69) is 15.4 Å². The Hall–Kier alpha value is -1.08. The van der Waals surface area contributed by atoms with E-state index in [1.165, 1.54) is 0 Å². The number of halogens is 3. The first-order valence-electron chi connectivity index (χ1n) is 5.27. The Labute approximate surface area is 97.2 Å². The minimum absolute atomic E-state index is 0.371. The molecule has 1 aliphatic heterocycles. The number of carbonyl (C=O) groups is 1. The second-order valence-corrected chi connectivity index (χ2v) is 3.70. The molecule has 98 valence electrons. The summed E-state index contributed by atoms with van der Waals surface area (Å²) in [5, 5.41) is 5.63. The van der Waals surface area contributed by atoms with Crippen molar-refractivity contribution in [1.82, 2.24) is 10.6 Å². The summed E-state index contributed by atoms with van der Waals surface area (Å²) >= 11 is 0. The first-order chi connectivity index (χ1) is 7.97. The molecule has 1 rings (SSSR count). The van der Waals surface area contributed by atoms with Crippen LogP contribution in [0.4, 0.5) is 13.2 Å². The van der Waals surface area contributed by atoms with Gasteiger partial charge in [-0.15, -0.1) is 0 Å². The molecule has 1 amide bonds. The van der Waals surface area contributed by atoms with Gasteiger partial charge in [0.05, 0.1) is 0 Å². The zero-order chi connectivity index (χ0) is 12.7. The molecule has 0 saturated carbocycles. The molecule has 0 bridgehead atoms. The van der Waals surface area contributed by atoms with Crippen LogP contribution in [-0.4, -0.2) is 44.9 Å². The molecule has 0 fully saturated rings. The van der Waals surface area contributed by atoms with Gasteiger partial charge in [-0.25, -0.2) is 0 Å². The molecule has 2 N–H and O–H groups in total. The molecular formula is C10H15F3N2O2. The normalized spacial score (nSPS) is 16.5. The summed E-state index contributed by atoms with van der Waals surface area (Å²) in [6, 6.07) is 0. The molecule has 0 saturated heterocycles. The van der Waals surface area contributed by atoms with Gasteiger partial charge in [0, 0.05) is 13.1 Å². The zero-order valence-electron chi connectivity index (χ0n) is 9.27. The second kappa shape index (κ2) is 6.61. The second-order valence-electron chi connectivity index (χ2n) is 3.70. The highest BCUT2D eigenvalue weighted by molar-refractivity contribution is 5.77. The molecule has 0 unspecified atom stereocenters. The molecule has 1 heterocycles. The van der Waals surface area contributed by atoms with Gasteiger partial charge in [-0.3, -0.25) is 4.79 Å². The quantitative estimate of drug-likeness (QED) is 0.704. The minimum Gasteiger partial charge on any atom is -0.362 e. The molecule has 0 spiro atoms. The fraction of sp³-hybridized carbons (Fsp3) is 0.700. The third kappa shape index (κ3) is 6.96. The molecule has 0 radical (unpaired) electrons. The van der Waals surface area contributed by atoms with Crippen molar-refractivity contribution in [3.8, 4) is 0 Å². The lowest BCUT2D eigenvalue weighted by Crippen LogP contribution is -2.33. The van der Waals surface area contributed by atoms with Crippen LogP contribution in [0.5, 0.6) is 0 Å². The molecule has 4 nitrogen and oxygen atoms in total. The van der Waals surface area contributed by atoms with Gasteiger partial charge >= 0.3 is 6.18 Å². The van der Waals surface area contributed by atoms with Crippen molar-refractivity contribution >= 4 is 5.91 Å². The zero-order valence-corrected chi connectivity index (χ0v) is 9.27. The number of hydrogen-bond donors (Lipinski definition) is 2.